The zero-order valence-electron chi connectivity index (χ0n) is 6.45. The van der Waals surface area contributed by atoms with Gasteiger partial charge in [-0.1, -0.05) is 11.6 Å². The number of pyridine rings is 1. The zero-order chi connectivity index (χ0) is 8.55. The number of aromatic nitrogens is 3. The molecule has 0 atom stereocenters. The van der Waals surface area contributed by atoms with Gasteiger partial charge in [0.1, 0.15) is 11.0 Å². The van der Waals surface area contributed by atoms with Crippen LogP contribution in [0.4, 0.5) is 0 Å². The van der Waals surface area contributed by atoms with Gasteiger partial charge in [-0.15, -0.1) is 0 Å². The molecule has 0 aliphatic rings. The summed E-state index contributed by atoms with van der Waals surface area (Å²) < 4.78 is 0. The first-order chi connectivity index (χ1) is 5.75. The van der Waals surface area contributed by atoms with E-state index in [2.05, 4.69) is 15.0 Å². The van der Waals surface area contributed by atoms with Crippen molar-refractivity contribution in [3.05, 3.63) is 29.3 Å². The predicted octanol–water partition coefficient (Wildman–Crippen LogP) is 1.99. The highest BCUT2D eigenvalue weighted by Gasteiger charge is 1.97. The quantitative estimate of drug-likeness (QED) is 0.581. The minimum atomic E-state index is 0.459. The summed E-state index contributed by atoms with van der Waals surface area (Å²) in [6.07, 6.45) is 1.74. The molecular weight excluding hydrogens is 174 g/mol. The molecule has 2 heterocycles. The Morgan fingerprint density at radius 3 is 2.92 bits per heavy atom. The largest absolute Gasteiger partial charge is 0.241 e. The summed E-state index contributed by atoms with van der Waals surface area (Å²) in [5.74, 6) is 0.706. The molecule has 0 radical (unpaired) electrons. The van der Waals surface area contributed by atoms with Crippen molar-refractivity contribution in [1.29, 1.82) is 0 Å². The Morgan fingerprint density at radius 2 is 2.08 bits per heavy atom. The van der Waals surface area contributed by atoms with Gasteiger partial charge in [0.25, 0.3) is 0 Å². The lowest BCUT2D eigenvalue weighted by molar-refractivity contribution is 1.07. The number of nitrogens with zero attached hydrogens (tertiary/aromatic N) is 3. The molecule has 4 heteroatoms. The van der Waals surface area contributed by atoms with Crippen molar-refractivity contribution < 1.29 is 0 Å². The lowest BCUT2D eigenvalue weighted by atomic mass is 10.3. The zero-order valence-corrected chi connectivity index (χ0v) is 7.21. The molecule has 0 N–H and O–H groups in total. The summed E-state index contributed by atoms with van der Waals surface area (Å²) in [7, 11) is 0. The Bertz CT molecular complexity index is 391. The van der Waals surface area contributed by atoms with Crippen LogP contribution >= 0.6 is 11.6 Å². The third kappa shape index (κ3) is 1.23. The van der Waals surface area contributed by atoms with E-state index in [1.54, 1.807) is 12.3 Å². The highest BCUT2D eigenvalue weighted by atomic mass is 35.5. The Morgan fingerprint density at radius 1 is 1.25 bits per heavy atom. The molecule has 0 aromatic carbocycles. The molecule has 0 amide bonds. The molecule has 3 nitrogen and oxygen atoms in total. The Hall–Kier alpha value is -1.22. The van der Waals surface area contributed by atoms with Gasteiger partial charge in [-0.2, -0.15) is 0 Å². The Kier molecular flexibility index (Phi) is 1.66. The van der Waals surface area contributed by atoms with Crippen molar-refractivity contribution in [2.24, 2.45) is 0 Å². The molecule has 0 aliphatic heterocycles. The highest BCUT2D eigenvalue weighted by molar-refractivity contribution is 6.29. The molecule has 2 aromatic heterocycles. The molecule has 2 rings (SSSR count). The van der Waals surface area contributed by atoms with Crippen LogP contribution in [-0.4, -0.2) is 15.0 Å². The van der Waals surface area contributed by atoms with Gasteiger partial charge in [-0.25, -0.2) is 15.0 Å². The minimum Gasteiger partial charge on any atom is -0.241 e. The van der Waals surface area contributed by atoms with E-state index in [0.29, 0.717) is 16.6 Å². The van der Waals surface area contributed by atoms with Crippen molar-refractivity contribution in [1.82, 2.24) is 15.0 Å². The van der Waals surface area contributed by atoms with E-state index in [-0.39, 0.29) is 0 Å². The van der Waals surface area contributed by atoms with E-state index in [1.807, 2.05) is 13.0 Å². The molecule has 0 spiro atoms. The van der Waals surface area contributed by atoms with E-state index < -0.39 is 0 Å². The highest BCUT2D eigenvalue weighted by Crippen LogP contribution is 2.11. The summed E-state index contributed by atoms with van der Waals surface area (Å²) in [5.41, 5.74) is 0.648. The van der Waals surface area contributed by atoms with E-state index in [4.69, 9.17) is 11.6 Å². The van der Waals surface area contributed by atoms with Gasteiger partial charge in [0, 0.05) is 11.6 Å². The fraction of sp³-hybridized carbons (Fsp3) is 0.125. The molecule has 0 saturated heterocycles. The second-order valence-corrected chi connectivity index (χ2v) is 2.85. The second-order valence-electron chi connectivity index (χ2n) is 2.46. The lowest BCUT2D eigenvalue weighted by Crippen LogP contribution is -1.90. The molecule has 0 bridgehead atoms. The van der Waals surface area contributed by atoms with E-state index in [9.17, 15) is 0 Å². The first-order valence-corrected chi connectivity index (χ1v) is 3.89. The normalized spacial score (nSPS) is 10.5. The molecule has 0 aliphatic carbocycles. The van der Waals surface area contributed by atoms with Crippen LogP contribution in [0.25, 0.3) is 11.0 Å². The van der Waals surface area contributed by atoms with Crippen LogP contribution < -0.4 is 0 Å². The monoisotopic (exact) mass is 179 g/mol. The summed E-state index contributed by atoms with van der Waals surface area (Å²) in [6, 6.07) is 3.58. The maximum Gasteiger partial charge on any atom is 0.164 e. The first kappa shape index (κ1) is 7.43. The van der Waals surface area contributed by atoms with Gasteiger partial charge in [0.05, 0.1) is 0 Å². The molecule has 0 unspecified atom stereocenters. The minimum absolute atomic E-state index is 0.459. The van der Waals surface area contributed by atoms with Crippen LogP contribution in [0.3, 0.4) is 0 Å². The third-order valence-corrected chi connectivity index (χ3v) is 1.74. The summed E-state index contributed by atoms with van der Waals surface area (Å²) in [6.45, 7) is 1.82. The predicted molar refractivity (Wildman–Crippen MR) is 47.1 cm³/mol. The van der Waals surface area contributed by atoms with Gasteiger partial charge in [0.15, 0.2) is 5.65 Å². The van der Waals surface area contributed by atoms with Crippen molar-refractivity contribution in [2.45, 2.75) is 6.92 Å². The maximum atomic E-state index is 5.70. The number of halogens is 1. The standard InChI is InChI=1S/C8H6ClN3/c1-5-10-4-6-2-3-7(9)12-8(6)11-5/h2-4H,1H3. The van der Waals surface area contributed by atoms with Crippen molar-refractivity contribution in [2.75, 3.05) is 0 Å². The van der Waals surface area contributed by atoms with Crippen molar-refractivity contribution >= 4 is 22.6 Å². The molecule has 12 heavy (non-hydrogen) atoms. The van der Waals surface area contributed by atoms with Crippen molar-refractivity contribution in [3.63, 3.8) is 0 Å². The third-order valence-electron chi connectivity index (χ3n) is 1.53. The summed E-state index contributed by atoms with van der Waals surface area (Å²) in [4.78, 5) is 12.2. The van der Waals surface area contributed by atoms with Crippen LogP contribution in [-0.2, 0) is 0 Å². The Balaban J connectivity index is 2.80. The topological polar surface area (TPSA) is 38.7 Å². The van der Waals surface area contributed by atoms with Gasteiger partial charge in [0.2, 0.25) is 0 Å². The van der Waals surface area contributed by atoms with Crippen LogP contribution in [0.5, 0.6) is 0 Å². The number of hydrogen-bond acceptors (Lipinski definition) is 3. The number of rotatable bonds is 0. The lowest BCUT2D eigenvalue weighted by Gasteiger charge is -1.96. The molecule has 0 fully saturated rings. The number of fused-ring (bicyclic) bond motifs is 1. The fourth-order valence-corrected chi connectivity index (χ4v) is 1.11. The summed E-state index contributed by atoms with van der Waals surface area (Å²) in [5, 5.41) is 1.37. The maximum absolute atomic E-state index is 5.70. The van der Waals surface area contributed by atoms with Crippen LogP contribution in [0.15, 0.2) is 18.3 Å². The van der Waals surface area contributed by atoms with Gasteiger partial charge in [-0.3, -0.25) is 0 Å². The molecule has 0 saturated carbocycles. The van der Waals surface area contributed by atoms with Crippen LogP contribution in [0.1, 0.15) is 5.82 Å². The smallest absolute Gasteiger partial charge is 0.164 e. The summed E-state index contributed by atoms with van der Waals surface area (Å²) >= 11 is 5.70. The SMILES string of the molecule is Cc1ncc2ccc(Cl)nc2n1. The molecular formula is C8H6ClN3. The molecule has 2 aromatic rings. The number of aryl methyl sites for hydroxylation is 1. The van der Waals surface area contributed by atoms with Gasteiger partial charge < -0.3 is 0 Å². The van der Waals surface area contributed by atoms with E-state index in [1.165, 1.54) is 0 Å². The van der Waals surface area contributed by atoms with Crippen LogP contribution in [0.2, 0.25) is 5.15 Å². The van der Waals surface area contributed by atoms with Gasteiger partial charge >= 0.3 is 0 Å². The second kappa shape index (κ2) is 2.68. The average molecular weight is 180 g/mol. The Labute approximate surface area is 74.4 Å². The molecule has 60 valence electrons. The van der Waals surface area contributed by atoms with E-state index in [0.717, 1.165) is 5.39 Å². The first-order valence-electron chi connectivity index (χ1n) is 3.51. The van der Waals surface area contributed by atoms with Crippen molar-refractivity contribution in [3.8, 4) is 0 Å². The van der Waals surface area contributed by atoms with E-state index >= 15 is 0 Å². The van der Waals surface area contributed by atoms with Gasteiger partial charge in [-0.05, 0) is 19.1 Å². The fourth-order valence-electron chi connectivity index (χ4n) is 0.971. The number of hydrogen-bond donors (Lipinski definition) is 0. The average Bonchev–Trinajstić information content (AvgIpc) is 2.03. The van der Waals surface area contributed by atoms with Crippen LogP contribution in [0, 0.1) is 6.92 Å².